The van der Waals surface area contributed by atoms with Crippen molar-refractivity contribution in [2.45, 2.75) is 6.92 Å². The van der Waals surface area contributed by atoms with Gasteiger partial charge in [0, 0.05) is 16.8 Å². The molecule has 0 fully saturated rings. The van der Waals surface area contributed by atoms with Crippen LogP contribution in [0.15, 0.2) is 84.9 Å². The molecule has 4 aromatic rings. The predicted molar refractivity (Wildman–Crippen MR) is 117 cm³/mol. The number of hydrogen-bond donors (Lipinski definition) is 0. The lowest BCUT2D eigenvalue weighted by Gasteiger charge is -2.15. The third-order valence-corrected chi connectivity index (χ3v) is 4.87. The average Bonchev–Trinajstić information content (AvgIpc) is 3.19. The molecule has 0 amide bonds. The van der Waals surface area contributed by atoms with Gasteiger partial charge in [-0.3, -0.25) is 0 Å². The van der Waals surface area contributed by atoms with Gasteiger partial charge in [-0.15, -0.1) is 12.8 Å². The molecule has 0 aliphatic carbocycles. The SMILES string of the molecule is C#Cc1ccc(-c2ccc(-c3ccc(C#C)cc3)n2-c2ccc(C)cc2)cc1. The lowest BCUT2D eigenvalue weighted by molar-refractivity contribution is 1.09. The highest BCUT2D eigenvalue weighted by molar-refractivity contribution is 5.74. The summed E-state index contributed by atoms with van der Waals surface area (Å²) in [5.41, 5.74) is 8.56. The first-order chi connectivity index (χ1) is 13.7. The molecule has 0 aliphatic heterocycles. The van der Waals surface area contributed by atoms with Gasteiger partial charge in [0.15, 0.2) is 0 Å². The molecule has 1 heteroatoms. The molecule has 4 rings (SSSR count). The third-order valence-electron chi connectivity index (χ3n) is 4.87. The van der Waals surface area contributed by atoms with Crippen molar-refractivity contribution in [1.82, 2.24) is 4.57 Å². The molecule has 0 saturated carbocycles. The fourth-order valence-corrected chi connectivity index (χ4v) is 3.33. The van der Waals surface area contributed by atoms with E-state index in [2.05, 4.69) is 84.0 Å². The van der Waals surface area contributed by atoms with Gasteiger partial charge in [0.2, 0.25) is 0 Å². The molecule has 1 heterocycles. The molecule has 0 spiro atoms. The summed E-state index contributed by atoms with van der Waals surface area (Å²) in [7, 11) is 0. The summed E-state index contributed by atoms with van der Waals surface area (Å²) in [6.07, 6.45) is 11.0. The minimum Gasteiger partial charge on any atom is -0.309 e. The highest BCUT2D eigenvalue weighted by atomic mass is 15.0. The second-order valence-electron chi connectivity index (χ2n) is 6.72. The van der Waals surface area contributed by atoms with Gasteiger partial charge in [0.1, 0.15) is 0 Å². The van der Waals surface area contributed by atoms with Gasteiger partial charge in [-0.25, -0.2) is 0 Å². The van der Waals surface area contributed by atoms with Crippen LogP contribution in [0.4, 0.5) is 0 Å². The van der Waals surface area contributed by atoms with Crippen LogP contribution in [-0.2, 0) is 0 Å². The quantitative estimate of drug-likeness (QED) is 0.391. The zero-order valence-corrected chi connectivity index (χ0v) is 15.7. The van der Waals surface area contributed by atoms with Gasteiger partial charge < -0.3 is 4.57 Å². The number of terminal acetylenes is 2. The van der Waals surface area contributed by atoms with E-state index in [1.165, 1.54) is 5.56 Å². The molecular weight excluding hydrogens is 338 g/mol. The van der Waals surface area contributed by atoms with Crippen LogP contribution in [0.25, 0.3) is 28.2 Å². The molecule has 1 aromatic heterocycles. The van der Waals surface area contributed by atoms with Crippen molar-refractivity contribution < 1.29 is 0 Å². The summed E-state index contributed by atoms with van der Waals surface area (Å²) in [5, 5.41) is 0. The van der Waals surface area contributed by atoms with E-state index in [1.54, 1.807) is 0 Å². The van der Waals surface area contributed by atoms with Crippen molar-refractivity contribution in [3.8, 4) is 52.9 Å². The Morgan fingerprint density at radius 3 is 1.39 bits per heavy atom. The van der Waals surface area contributed by atoms with Crippen LogP contribution in [0.3, 0.4) is 0 Å². The highest BCUT2D eigenvalue weighted by Crippen LogP contribution is 2.32. The van der Waals surface area contributed by atoms with Crippen molar-refractivity contribution in [2.24, 2.45) is 0 Å². The Balaban J connectivity index is 1.91. The van der Waals surface area contributed by atoms with Crippen LogP contribution in [-0.4, -0.2) is 4.57 Å². The standard InChI is InChI=1S/C27H19N/c1-4-21-8-12-23(13-9-21)26-18-19-27(24-14-10-22(5-2)11-15-24)28(26)25-16-6-20(3)7-17-25/h1-2,6-19H,3H3. The van der Waals surface area contributed by atoms with Crippen LogP contribution in [0.5, 0.6) is 0 Å². The Morgan fingerprint density at radius 2 is 1.00 bits per heavy atom. The van der Waals surface area contributed by atoms with Crippen molar-refractivity contribution >= 4 is 0 Å². The molecule has 0 bridgehead atoms. The van der Waals surface area contributed by atoms with E-state index in [0.717, 1.165) is 39.3 Å². The minimum atomic E-state index is 0.877. The monoisotopic (exact) mass is 357 g/mol. The Hall–Kier alpha value is -3.94. The Labute approximate surface area is 166 Å². The zero-order chi connectivity index (χ0) is 19.5. The largest absolute Gasteiger partial charge is 0.309 e. The molecule has 132 valence electrons. The first kappa shape index (κ1) is 17.5. The van der Waals surface area contributed by atoms with Gasteiger partial charge in [-0.2, -0.15) is 0 Å². The number of benzene rings is 3. The first-order valence-corrected chi connectivity index (χ1v) is 9.12. The summed E-state index contributed by atoms with van der Waals surface area (Å²) in [6.45, 7) is 2.10. The number of rotatable bonds is 3. The topological polar surface area (TPSA) is 4.93 Å². The number of hydrogen-bond acceptors (Lipinski definition) is 0. The molecule has 3 aromatic carbocycles. The molecule has 28 heavy (non-hydrogen) atoms. The van der Waals surface area contributed by atoms with Crippen LogP contribution in [0.2, 0.25) is 0 Å². The van der Waals surface area contributed by atoms with Crippen LogP contribution in [0, 0.1) is 31.6 Å². The normalized spacial score (nSPS) is 10.2. The summed E-state index contributed by atoms with van der Waals surface area (Å²) >= 11 is 0. The average molecular weight is 357 g/mol. The van der Waals surface area contributed by atoms with Crippen molar-refractivity contribution in [3.63, 3.8) is 0 Å². The second-order valence-corrected chi connectivity index (χ2v) is 6.72. The maximum Gasteiger partial charge on any atom is 0.0535 e. The van der Waals surface area contributed by atoms with Crippen molar-refractivity contribution in [2.75, 3.05) is 0 Å². The summed E-state index contributed by atoms with van der Waals surface area (Å²) < 4.78 is 2.27. The van der Waals surface area contributed by atoms with E-state index < -0.39 is 0 Å². The summed E-state index contributed by atoms with van der Waals surface area (Å²) in [5.74, 6) is 5.35. The third kappa shape index (κ3) is 3.23. The molecule has 1 nitrogen and oxygen atoms in total. The molecule has 0 aliphatic rings. The van der Waals surface area contributed by atoms with E-state index >= 15 is 0 Å². The number of aromatic nitrogens is 1. The van der Waals surface area contributed by atoms with E-state index in [4.69, 9.17) is 12.8 Å². The summed E-state index contributed by atoms with van der Waals surface area (Å²) in [4.78, 5) is 0. The Bertz CT molecular complexity index is 1110. The fraction of sp³-hybridized carbons (Fsp3) is 0.0370. The maximum absolute atomic E-state index is 5.51. The Morgan fingerprint density at radius 1 is 0.571 bits per heavy atom. The van der Waals surface area contributed by atoms with E-state index in [9.17, 15) is 0 Å². The zero-order valence-electron chi connectivity index (χ0n) is 15.7. The molecule has 0 saturated heterocycles. The minimum absolute atomic E-state index is 0.877. The molecule has 0 atom stereocenters. The smallest absolute Gasteiger partial charge is 0.0535 e. The van der Waals surface area contributed by atoms with Gasteiger partial charge in [-0.05, 0) is 66.6 Å². The maximum atomic E-state index is 5.51. The fourth-order valence-electron chi connectivity index (χ4n) is 3.33. The number of nitrogens with zero attached hydrogens (tertiary/aromatic N) is 1. The first-order valence-electron chi connectivity index (χ1n) is 9.12. The summed E-state index contributed by atoms with van der Waals surface area (Å²) in [6, 6.07) is 29.0. The van der Waals surface area contributed by atoms with E-state index in [-0.39, 0.29) is 0 Å². The molecule has 0 unspecified atom stereocenters. The number of aryl methyl sites for hydroxylation is 1. The van der Waals surface area contributed by atoms with Gasteiger partial charge in [0.25, 0.3) is 0 Å². The lowest BCUT2D eigenvalue weighted by Crippen LogP contribution is -1.99. The van der Waals surface area contributed by atoms with Crippen molar-refractivity contribution in [1.29, 1.82) is 0 Å². The second kappa shape index (κ2) is 7.36. The predicted octanol–water partition coefficient (Wildman–Crippen LogP) is 6.08. The van der Waals surface area contributed by atoms with E-state index in [1.807, 2.05) is 24.3 Å². The van der Waals surface area contributed by atoms with E-state index in [0.29, 0.717) is 0 Å². The van der Waals surface area contributed by atoms with Crippen molar-refractivity contribution in [3.05, 3.63) is 102 Å². The van der Waals surface area contributed by atoms with Gasteiger partial charge in [0.05, 0.1) is 11.4 Å². The van der Waals surface area contributed by atoms with Gasteiger partial charge in [-0.1, -0.05) is 53.8 Å². The molecule has 0 N–H and O–H groups in total. The highest BCUT2D eigenvalue weighted by Gasteiger charge is 2.13. The van der Waals surface area contributed by atoms with Crippen LogP contribution >= 0.6 is 0 Å². The molecular formula is C27H19N. The Kier molecular flexibility index (Phi) is 4.59. The lowest BCUT2D eigenvalue weighted by atomic mass is 10.1. The van der Waals surface area contributed by atoms with Crippen LogP contribution in [0.1, 0.15) is 16.7 Å². The van der Waals surface area contributed by atoms with Gasteiger partial charge >= 0.3 is 0 Å². The molecule has 0 radical (unpaired) electrons. The van der Waals surface area contributed by atoms with Crippen LogP contribution < -0.4 is 0 Å².